The van der Waals surface area contributed by atoms with Crippen LogP contribution < -0.4 is 10.1 Å². The first-order valence-electron chi connectivity index (χ1n) is 9.92. The van der Waals surface area contributed by atoms with E-state index in [2.05, 4.69) is 28.4 Å². The lowest BCUT2D eigenvalue weighted by Gasteiger charge is -2.25. The summed E-state index contributed by atoms with van der Waals surface area (Å²) in [7, 11) is 5.68. The molecule has 0 heterocycles. The van der Waals surface area contributed by atoms with Gasteiger partial charge in [-0.05, 0) is 61.6 Å². The van der Waals surface area contributed by atoms with Gasteiger partial charge in [0.2, 0.25) is 0 Å². The Morgan fingerprint density at radius 2 is 1.73 bits per heavy atom. The monoisotopic (exact) mass is 420 g/mol. The smallest absolute Gasteiger partial charge is 0.251 e. The minimum Gasteiger partial charge on any atom is -0.497 e. The van der Waals surface area contributed by atoms with Crippen LogP contribution in [0.15, 0.2) is 83.8 Å². The quantitative estimate of drug-likeness (QED) is 0.494. The van der Waals surface area contributed by atoms with E-state index in [0.717, 1.165) is 17.1 Å². The molecule has 0 radical (unpaired) electrons. The van der Waals surface area contributed by atoms with Crippen molar-refractivity contribution in [3.63, 3.8) is 0 Å². The molecule has 0 aromatic heterocycles. The second kappa shape index (κ2) is 10.9. The average molecular weight is 421 g/mol. The molecule has 0 spiro atoms. The van der Waals surface area contributed by atoms with Gasteiger partial charge in [0.05, 0.1) is 13.2 Å². The number of nitrogens with zero attached hydrogens (tertiary/aromatic N) is 1. The molecule has 0 fully saturated rings. The summed E-state index contributed by atoms with van der Waals surface area (Å²) >= 11 is 1.79. The van der Waals surface area contributed by atoms with Gasteiger partial charge in [0.15, 0.2) is 0 Å². The van der Waals surface area contributed by atoms with Gasteiger partial charge in [-0.2, -0.15) is 0 Å². The number of likely N-dealkylation sites (N-methyl/N-ethyl adjacent to an activating group) is 1. The van der Waals surface area contributed by atoms with Crippen LogP contribution in [0.3, 0.4) is 0 Å². The maximum Gasteiger partial charge on any atom is 0.251 e. The van der Waals surface area contributed by atoms with Crippen molar-refractivity contribution in [1.29, 1.82) is 0 Å². The molecule has 1 N–H and O–H groups in total. The van der Waals surface area contributed by atoms with Gasteiger partial charge in [-0.15, -0.1) is 11.8 Å². The molecule has 0 aliphatic heterocycles. The standard InChI is InChI=1S/C25H28N2O2S/c1-27(2)24(21-8-7-9-22(16-21)29-3)17-26-25(28)20-14-12-19(13-15-20)18-30-23-10-5-4-6-11-23/h4-16,24H,17-18H2,1-3H3,(H,26,28). The third-order valence-corrected chi connectivity index (χ3v) is 6.01. The summed E-state index contributed by atoms with van der Waals surface area (Å²) in [5.41, 5.74) is 2.97. The topological polar surface area (TPSA) is 41.6 Å². The van der Waals surface area contributed by atoms with Crippen molar-refractivity contribution >= 4 is 17.7 Å². The van der Waals surface area contributed by atoms with E-state index in [0.29, 0.717) is 12.1 Å². The molecule has 0 saturated carbocycles. The van der Waals surface area contributed by atoms with Crippen LogP contribution >= 0.6 is 11.8 Å². The zero-order valence-corrected chi connectivity index (χ0v) is 18.5. The van der Waals surface area contributed by atoms with Gasteiger partial charge in [-0.25, -0.2) is 0 Å². The number of carbonyl (C=O) groups is 1. The van der Waals surface area contributed by atoms with E-state index in [-0.39, 0.29) is 11.9 Å². The fourth-order valence-corrected chi connectivity index (χ4v) is 4.05. The van der Waals surface area contributed by atoms with Crippen molar-refractivity contribution in [3.8, 4) is 5.75 Å². The minimum atomic E-state index is -0.0630. The highest BCUT2D eigenvalue weighted by Crippen LogP contribution is 2.23. The number of carbonyl (C=O) groups excluding carboxylic acids is 1. The van der Waals surface area contributed by atoms with Crippen LogP contribution in [-0.2, 0) is 5.75 Å². The van der Waals surface area contributed by atoms with Crippen molar-refractivity contribution in [1.82, 2.24) is 10.2 Å². The molecule has 3 rings (SSSR count). The second-order valence-corrected chi connectivity index (χ2v) is 8.31. The number of amides is 1. The summed E-state index contributed by atoms with van der Waals surface area (Å²) in [5.74, 6) is 1.63. The number of hydrogen-bond donors (Lipinski definition) is 1. The average Bonchev–Trinajstić information content (AvgIpc) is 2.78. The highest BCUT2D eigenvalue weighted by Gasteiger charge is 2.16. The Bertz CT molecular complexity index is 943. The summed E-state index contributed by atoms with van der Waals surface area (Å²) in [6.07, 6.45) is 0. The Morgan fingerprint density at radius 3 is 2.40 bits per heavy atom. The van der Waals surface area contributed by atoms with Crippen LogP contribution in [0.25, 0.3) is 0 Å². The first-order chi connectivity index (χ1) is 14.6. The number of ether oxygens (including phenoxy) is 1. The van der Waals surface area contributed by atoms with Gasteiger partial charge in [-0.1, -0.05) is 42.5 Å². The fourth-order valence-electron chi connectivity index (χ4n) is 3.17. The first-order valence-corrected chi connectivity index (χ1v) is 10.9. The fraction of sp³-hybridized carbons (Fsp3) is 0.240. The summed E-state index contributed by atoms with van der Waals surface area (Å²) in [6, 6.07) is 26.2. The van der Waals surface area contributed by atoms with Gasteiger partial charge >= 0.3 is 0 Å². The van der Waals surface area contributed by atoms with Crippen LogP contribution in [0.2, 0.25) is 0 Å². The number of methoxy groups -OCH3 is 1. The Balaban J connectivity index is 1.57. The highest BCUT2D eigenvalue weighted by molar-refractivity contribution is 7.98. The lowest BCUT2D eigenvalue weighted by Crippen LogP contribution is -2.34. The molecule has 0 saturated heterocycles. The molecule has 1 atom stereocenters. The van der Waals surface area contributed by atoms with Crippen molar-refractivity contribution < 1.29 is 9.53 Å². The molecule has 3 aromatic carbocycles. The lowest BCUT2D eigenvalue weighted by atomic mass is 10.1. The second-order valence-electron chi connectivity index (χ2n) is 7.26. The molecule has 1 unspecified atom stereocenters. The molecule has 0 aliphatic rings. The zero-order chi connectivity index (χ0) is 21.3. The van der Waals surface area contributed by atoms with Gasteiger partial charge < -0.3 is 15.0 Å². The Kier molecular flexibility index (Phi) is 7.94. The minimum absolute atomic E-state index is 0.0607. The number of benzene rings is 3. The van der Waals surface area contributed by atoms with Crippen molar-refractivity contribution in [2.24, 2.45) is 0 Å². The zero-order valence-electron chi connectivity index (χ0n) is 17.7. The molecule has 0 bridgehead atoms. The van der Waals surface area contributed by atoms with Gasteiger partial charge in [0, 0.05) is 22.8 Å². The van der Waals surface area contributed by atoms with Crippen molar-refractivity contribution in [2.45, 2.75) is 16.7 Å². The van der Waals surface area contributed by atoms with Crippen LogP contribution in [0.5, 0.6) is 5.75 Å². The van der Waals surface area contributed by atoms with E-state index >= 15 is 0 Å². The van der Waals surface area contributed by atoms with E-state index in [1.54, 1.807) is 18.9 Å². The van der Waals surface area contributed by atoms with Crippen LogP contribution in [-0.4, -0.2) is 38.6 Å². The lowest BCUT2D eigenvalue weighted by molar-refractivity contribution is 0.0942. The SMILES string of the molecule is COc1cccc(C(CNC(=O)c2ccc(CSc3ccccc3)cc2)N(C)C)c1. The maximum absolute atomic E-state index is 12.7. The van der Waals surface area contributed by atoms with Gasteiger partial charge in [-0.3, -0.25) is 4.79 Å². The third-order valence-electron chi connectivity index (χ3n) is 4.92. The molecule has 1 amide bonds. The van der Waals surface area contributed by atoms with Gasteiger partial charge in [0.25, 0.3) is 5.91 Å². The molecular formula is C25H28N2O2S. The third kappa shape index (κ3) is 6.12. The maximum atomic E-state index is 12.7. The van der Waals surface area contributed by atoms with E-state index in [9.17, 15) is 4.79 Å². The van der Waals surface area contributed by atoms with E-state index in [1.807, 2.05) is 74.8 Å². The Morgan fingerprint density at radius 1 is 1.00 bits per heavy atom. The molecule has 3 aromatic rings. The van der Waals surface area contributed by atoms with Crippen LogP contribution in [0, 0.1) is 0 Å². The number of rotatable bonds is 9. The summed E-state index contributed by atoms with van der Waals surface area (Å²) in [5, 5.41) is 3.07. The van der Waals surface area contributed by atoms with Crippen LogP contribution in [0.4, 0.5) is 0 Å². The van der Waals surface area contributed by atoms with Crippen molar-refractivity contribution in [3.05, 3.63) is 95.6 Å². The first kappa shape index (κ1) is 21.9. The summed E-state index contributed by atoms with van der Waals surface area (Å²) < 4.78 is 5.33. The predicted molar refractivity (Wildman–Crippen MR) is 124 cm³/mol. The van der Waals surface area contributed by atoms with E-state index in [1.165, 1.54) is 10.5 Å². The molecule has 4 nitrogen and oxygen atoms in total. The summed E-state index contributed by atoms with van der Waals surface area (Å²) in [6.45, 7) is 0.518. The largest absolute Gasteiger partial charge is 0.497 e. The number of nitrogens with one attached hydrogen (secondary N) is 1. The van der Waals surface area contributed by atoms with E-state index in [4.69, 9.17) is 4.74 Å². The number of hydrogen-bond acceptors (Lipinski definition) is 4. The normalized spacial score (nSPS) is 11.9. The summed E-state index contributed by atoms with van der Waals surface area (Å²) in [4.78, 5) is 16.0. The Hall–Kier alpha value is -2.76. The molecule has 5 heteroatoms. The predicted octanol–water partition coefficient (Wildman–Crippen LogP) is 5.02. The Labute approximate surface area is 183 Å². The molecular weight excluding hydrogens is 392 g/mol. The van der Waals surface area contributed by atoms with Crippen molar-refractivity contribution in [2.75, 3.05) is 27.7 Å². The van der Waals surface area contributed by atoms with Gasteiger partial charge in [0.1, 0.15) is 5.75 Å². The highest BCUT2D eigenvalue weighted by atomic mass is 32.2. The van der Waals surface area contributed by atoms with Crippen LogP contribution in [0.1, 0.15) is 27.5 Å². The molecule has 0 aliphatic carbocycles. The molecule has 156 valence electrons. The van der Waals surface area contributed by atoms with E-state index < -0.39 is 0 Å². The molecule has 30 heavy (non-hydrogen) atoms. The number of thioether (sulfide) groups is 1.